The van der Waals surface area contributed by atoms with E-state index in [1.807, 2.05) is 11.8 Å². The third-order valence-corrected chi connectivity index (χ3v) is 3.98. The molecule has 1 aliphatic rings. The molecule has 0 unspecified atom stereocenters. The molecule has 0 N–H and O–H groups in total. The highest BCUT2D eigenvalue weighted by molar-refractivity contribution is 8.00. The van der Waals surface area contributed by atoms with Crippen LogP contribution >= 0.6 is 11.8 Å². The van der Waals surface area contributed by atoms with Crippen LogP contribution in [-0.4, -0.2) is 4.75 Å². The average molecular weight is 220 g/mol. The molecule has 1 aliphatic carbocycles. The van der Waals surface area contributed by atoms with Gasteiger partial charge in [-0.1, -0.05) is 32.9 Å². The first-order chi connectivity index (χ1) is 7.06. The van der Waals surface area contributed by atoms with E-state index in [0.29, 0.717) is 4.75 Å². The van der Waals surface area contributed by atoms with Gasteiger partial charge in [-0.3, -0.25) is 0 Å². The molecule has 0 aromatic heterocycles. The molecule has 2 rings (SSSR count). The smallest absolute Gasteiger partial charge is 0.0122 e. The quantitative estimate of drug-likeness (QED) is 0.630. The molecule has 0 radical (unpaired) electrons. The van der Waals surface area contributed by atoms with Gasteiger partial charge in [0, 0.05) is 9.64 Å². The molecule has 0 spiro atoms. The van der Waals surface area contributed by atoms with Crippen molar-refractivity contribution in [2.24, 2.45) is 0 Å². The van der Waals surface area contributed by atoms with Gasteiger partial charge in [0.2, 0.25) is 0 Å². The zero-order chi connectivity index (χ0) is 10.9. The van der Waals surface area contributed by atoms with Gasteiger partial charge in [-0.15, -0.1) is 11.8 Å². The lowest BCUT2D eigenvalue weighted by Gasteiger charge is -2.23. The van der Waals surface area contributed by atoms with Crippen LogP contribution in [0.25, 0.3) is 0 Å². The molecule has 0 saturated heterocycles. The van der Waals surface area contributed by atoms with E-state index in [1.165, 1.54) is 30.6 Å². The van der Waals surface area contributed by atoms with E-state index < -0.39 is 0 Å². The van der Waals surface area contributed by atoms with Gasteiger partial charge in [0.05, 0.1) is 0 Å². The lowest BCUT2D eigenvalue weighted by atomic mass is 9.92. The second kappa shape index (κ2) is 4.21. The van der Waals surface area contributed by atoms with E-state index in [0.717, 1.165) is 0 Å². The Hall–Kier alpha value is -0.430. The minimum atomic E-state index is 0.326. The maximum atomic E-state index is 2.31. The lowest BCUT2D eigenvalue weighted by Crippen LogP contribution is -2.10. The van der Waals surface area contributed by atoms with Crippen molar-refractivity contribution in [3.05, 3.63) is 29.3 Å². The summed E-state index contributed by atoms with van der Waals surface area (Å²) in [4.78, 5) is 1.51. The van der Waals surface area contributed by atoms with Crippen molar-refractivity contribution < 1.29 is 0 Å². The fourth-order valence-electron chi connectivity index (χ4n) is 2.17. The highest BCUT2D eigenvalue weighted by Crippen LogP contribution is 2.37. The molecule has 0 fully saturated rings. The van der Waals surface area contributed by atoms with Crippen LogP contribution < -0.4 is 0 Å². The van der Waals surface area contributed by atoms with Crippen LogP contribution in [-0.2, 0) is 12.8 Å². The van der Waals surface area contributed by atoms with Gasteiger partial charge < -0.3 is 0 Å². The van der Waals surface area contributed by atoms with Crippen molar-refractivity contribution in [3.8, 4) is 0 Å². The van der Waals surface area contributed by atoms with Gasteiger partial charge >= 0.3 is 0 Å². The molecular formula is C14H20S. The minimum absolute atomic E-state index is 0.326. The molecule has 1 heteroatoms. The normalized spacial score (nSPS) is 16.2. The summed E-state index contributed by atoms with van der Waals surface area (Å²) in [6.07, 6.45) is 5.31. The molecule has 15 heavy (non-hydrogen) atoms. The summed E-state index contributed by atoms with van der Waals surface area (Å²) in [6.45, 7) is 6.87. The Morgan fingerprint density at radius 1 is 1.07 bits per heavy atom. The van der Waals surface area contributed by atoms with Gasteiger partial charge in [-0.25, -0.2) is 0 Å². The van der Waals surface area contributed by atoms with E-state index in [4.69, 9.17) is 0 Å². The monoisotopic (exact) mass is 220 g/mol. The SMILES string of the molecule is CC(C)(C)Sc1cccc2c1CCCC2. The van der Waals surface area contributed by atoms with Gasteiger partial charge in [0.15, 0.2) is 0 Å². The summed E-state index contributed by atoms with van der Waals surface area (Å²) in [5, 5.41) is 0. The highest BCUT2D eigenvalue weighted by atomic mass is 32.2. The number of aryl methyl sites for hydroxylation is 1. The molecule has 0 nitrogen and oxygen atoms in total. The molecule has 0 amide bonds. The third kappa shape index (κ3) is 2.78. The molecule has 0 bridgehead atoms. The molecule has 0 heterocycles. The largest absolute Gasteiger partial charge is 0.120 e. The maximum absolute atomic E-state index is 2.31. The first-order valence-corrected chi connectivity index (χ1v) is 6.68. The van der Waals surface area contributed by atoms with Crippen LogP contribution in [0.1, 0.15) is 44.7 Å². The Bertz CT molecular complexity index is 347. The van der Waals surface area contributed by atoms with E-state index in [1.54, 1.807) is 11.1 Å². The summed E-state index contributed by atoms with van der Waals surface area (Å²) in [7, 11) is 0. The first-order valence-electron chi connectivity index (χ1n) is 5.86. The molecule has 1 aromatic carbocycles. The molecule has 82 valence electrons. The summed E-state index contributed by atoms with van der Waals surface area (Å²) in [5.74, 6) is 0. The number of fused-ring (bicyclic) bond motifs is 1. The van der Waals surface area contributed by atoms with Gasteiger partial charge in [0.1, 0.15) is 0 Å². The molecule has 1 aromatic rings. The topological polar surface area (TPSA) is 0 Å². The van der Waals surface area contributed by atoms with E-state index >= 15 is 0 Å². The molecular weight excluding hydrogens is 200 g/mol. The second-order valence-corrected chi connectivity index (χ2v) is 7.18. The van der Waals surface area contributed by atoms with Crippen molar-refractivity contribution in [1.82, 2.24) is 0 Å². The van der Waals surface area contributed by atoms with Crippen molar-refractivity contribution in [3.63, 3.8) is 0 Å². The number of hydrogen-bond donors (Lipinski definition) is 0. The maximum Gasteiger partial charge on any atom is 0.0122 e. The van der Waals surface area contributed by atoms with Crippen molar-refractivity contribution in [2.45, 2.75) is 56.1 Å². The van der Waals surface area contributed by atoms with Crippen LogP contribution in [0.15, 0.2) is 23.1 Å². The van der Waals surface area contributed by atoms with Gasteiger partial charge in [-0.05, 0) is 42.9 Å². The van der Waals surface area contributed by atoms with Gasteiger partial charge in [0.25, 0.3) is 0 Å². The zero-order valence-corrected chi connectivity index (χ0v) is 10.8. The Morgan fingerprint density at radius 3 is 2.53 bits per heavy atom. The fraction of sp³-hybridized carbons (Fsp3) is 0.571. The van der Waals surface area contributed by atoms with Crippen LogP contribution in [0.2, 0.25) is 0 Å². The van der Waals surface area contributed by atoms with Gasteiger partial charge in [-0.2, -0.15) is 0 Å². The zero-order valence-electron chi connectivity index (χ0n) is 9.97. The Morgan fingerprint density at radius 2 is 1.80 bits per heavy atom. The lowest BCUT2D eigenvalue weighted by molar-refractivity contribution is 0.674. The van der Waals surface area contributed by atoms with Crippen molar-refractivity contribution in [2.75, 3.05) is 0 Å². The number of hydrogen-bond acceptors (Lipinski definition) is 1. The minimum Gasteiger partial charge on any atom is -0.120 e. The number of thioether (sulfide) groups is 1. The van der Waals surface area contributed by atoms with Crippen LogP contribution in [0, 0.1) is 0 Å². The molecule has 0 atom stereocenters. The fourth-order valence-corrected chi connectivity index (χ4v) is 3.33. The standard InChI is InChI=1S/C14H20S/c1-14(2,3)15-13-10-6-8-11-7-4-5-9-12(11)13/h6,8,10H,4-5,7,9H2,1-3H3. The summed E-state index contributed by atoms with van der Waals surface area (Å²) in [6, 6.07) is 6.82. The predicted octanol–water partition coefficient (Wildman–Crippen LogP) is 4.46. The van der Waals surface area contributed by atoms with E-state index in [2.05, 4.69) is 39.0 Å². The number of benzene rings is 1. The Balaban J connectivity index is 2.31. The second-order valence-electron chi connectivity index (χ2n) is 5.32. The molecule has 0 aliphatic heterocycles. The van der Waals surface area contributed by atoms with E-state index in [-0.39, 0.29) is 0 Å². The number of rotatable bonds is 1. The van der Waals surface area contributed by atoms with Crippen LogP contribution in [0.5, 0.6) is 0 Å². The Kier molecular flexibility index (Phi) is 3.11. The first kappa shape index (κ1) is 11.1. The summed E-state index contributed by atoms with van der Waals surface area (Å²) in [5.41, 5.74) is 3.22. The highest BCUT2D eigenvalue weighted by Gasteiger charge is 2.18. The third-order valence-electron chi connectivity index (χ3n) is 2.77. The van der Waals surface area contributed by atoms with E-state index in [9.17, 15) is 0 Å². The van der Waals surface area contributed by atoms with Crippen molar-refractivity contribution in [1.29, 1.82) is 0 Å². The summed E-state index contributed by atoms with van der Waals surface area (Å²) >= 11 is 2.02. The average Bonchev–Trinajstić information content (AvgIpc) is 2.16. The predicted molar refractivity (Wildman–Crippen MR) is 68.7 cm³/mol. The van der Waals surface area contributed by atoms with Crippen LogP contribution in [0.4, 0.5) is 0 Å². The Labute approximate surface area is 97.5 Å². The van der Waals surface area contributed by atoms with Crippen LogP contribution in [0.3, 0.4) is 0 Å². The van der Waals surface area contributed by atoms with Crippen molar-refractivity contribution >= 4 is 11.8 Å². The summed E-state index contributed by atoms with van der Waals surface area (Å²) < 4.78 is 0.326. The molecule has 0 saturated carbocycles.